The van der Waals surface area contributed by atoms with Gasteiger partial charge in [0.2, 0.25) is 5.91 Å². The average Bonchev–Trinajstić information content (AvgIpc) is 2.43. The second-order valence-electron chi connectivity index (χ2n) is 8.33. The quantitative estimate of drug-likeness (QED) is 0.853. The van der Waals surface area contributed by atoms with Gasteiger partial charge in [-0.3, -0.25) is 4.79 Å². The molecule has 6 nitrogen and oxygen atoms in total. The minimum atomic E-state index is -0.533. The van der Waals surface area contributed by atoms with E-state index in [1.807, 2.05) is 48.5 Å². The minimum absolute atomic E-state index is 0.0127. The van der Waals surface area contributed by atoms with E-state index in [2.05, 4.69) is 0 Å². The standard InChI is InChI=1S/C18H35N3O3/c1-12(2)15(19)16(22)20-10-8-9-14(11-20)21(13(3)4)17(23)24-18(5,6)7/h12-15H,8-11,19H2,1-7H3. The van der Waals surface area contributed by atoms with E-state index in [0.29, 0.717) is 13.1 Å². The highest BCUT2D eigenvalue weighted by atomic mass is 16.6. The highest BCUT2D eigenvalue weighted by molar-refractivity contribution is 5.82. The molecule has 0 aromatic rings. The number of amides is 2. The van der Waals surface area contributed by atoms with Crippen LogP contribution in [0.2, 0.25) is 0 Å². The first kappa shape index (κ1) is 20.7. The van der Waals surface area contributed by atoms with Gasteiger partial charge in [0.25, 0.3) is 0 Å². The van der Waals surface area contributed by atoms with Gasteiger partial charge in [-0.15, -0.1) is 0 Å². The third-order valence-electron chi connectivity index (χ3n) is 4.27. The smallest absolute Gasteiger partial charge is 0.410 e. The summed E-state index contributed by atoms with van der Waals surface area (Å²) >= 11 is 0. The first-order chi connectivity index (χ1) is 10.9. The molecule has 2 atom stereocenters. The average molecular weight is 341 g/mol. The fraction of sp³-hybridized carbons (Fsp3) is 0.889. The first-order valence-electron chi connectivity index (χ1n) is 8.99. The number of hydrogen-bond acceptors (Lipinski definition) is 4. The molecule has 1 aliphatic heterocycles. The van der Waals surface area contributed by atoms with E-state index in [1.54, 1.807) is 9.80 Å². The molecule has 1 rings (SSSR count). The Morgan fingerprint density at radius 1 is 1.21 bits per heavy atom. The molecule has 0 aromatic carbocycles. The highest BCUT2D eigenvalue weighted by Gasteiger charge is 2.35. The van der Waals surface area contributed by atoms with Crippen molar-refractivity contribution in [2.75, 3.05) is 13.1 Å². The molecular weight excluding hydrogens is 306 g/mol. The summed E-state index contributed by atoms with van der Waals surface area (Å²) in [6.45, 7) is 14.7. The zero-order chi connectivity index (χ0) is 18.7. The Bertz CT molecular complexity index is 443. The van der Waals surface area contributed by atoms with Crippen molar-refractivity contribution < 1.29 is 14.3 Å². The molecule has 0 aliphatic carbocycles. The normalized spacial score (nSPS) is 20.2. The van der Waals surface area contributed by atoms with Gasteiger partial charge < -0.3 is 20.3 Å². The molecule has 2 unspecified atom stereocenters. The van der Waals surface area contributed by atoms with Crippen molar-refractivity contribution in [3.63, 3.8) is 0 Å². The van der Waals surface area contributed by atoms with Gasteiger partial charge in [0.15, 0.2) is 0 Å². The predicted molar refractivity (Wildman–Crippen MR) is 95.6 cm³/mol. The molecule has 1 fully saturated rings. The Labute approximate surface area is 146 Å². The van der Waals surface area contributed by atoms with Gasteiger partial charge in [-0.05, 0) is 53.4 Å². The Hall–Kier alpha value is -1.30. The summed E-state index contributed by atoms with van der Waals surface area (Å²) in [7, 11) is 0. The number of ether oxygens (including phenoxy) is 1. The van der Waals surface area contributed by atoms with Crippen LogP contribution in [0.1, 0.15) is 61.3 Å². The number of carbonyl (C=O) groups excluding carboxylic acids is 2. The summed E-state index contributed by atoms with van der Waals surface area (Å²) in [5, 5.41) is 0. The highest BCUT2D eigenvalue weighted by Crippen LogP contribution is 2.22. The molecule has 6 heteroatoms. The van der Waals surface area contributed by atoms with E-state index in [0.717, 1.165) is 12.8 Å². The number of nitrogens with zero attached hydrogens (tertiary/aromatic N) is 2. The van der Waals surface area contributed by atoms with Gasteiger partial charge in [-0.2, -0.15) is 0 Å². The molecule has 0 radical (unpaired) electrons. The van der Waals surface area contributed by atoms with Crippen molar-refractivity contribution in [1.29, 1.82) is 0 Å². The van der Waals surface area contributed by atoms with Crippen molar-refractivity contribution in [2.24, 2.45) is 11.7 Å². The molecule has 140 valence electrons. The summed E-state index contributed by atoms with van der Waals surface area (Å²) in [6, 6.07) is -0.506. The summed E-state index contributed by atoms with van der Waals surface area (Å²) < 4.78 is 5.55. The SMILES string of the molecule is CC(C)C(N)C(=O)N1CCCC(N(C(=O)OC(C)(C)C)C(C)C)C1. The molecule has 1 saturated heterocycles. The first-order valence-corrected chi connectivity index (χ1v) is 8.99. The number of rotatable bonds is 4. The molecule has 2 amide bonds. The molecule has 0 bridgehead atoms. The molecular formula is C18H35N3O3. The van der Waals surface area contributed by atoms with Crippen LogP contribution in [0.4, 0.5) is 4.79 Å². The van der Waals surface area contributed by atoms with Gasteiger partial charge in [0.1, 0.15) is 5.60 Å². The third-order valence-corrected chi connectivity index (χ3v) is 4.27. The van der Waals surface area contributed by atoms with Gasteiger partial charge >= 0.3 is 6.09 Å². The number of likely N-dealkylation sites (tertiary alicyclic amines) is 1. The lowest BCUT2D eigenvalue weighted by Gasteiger charge is -2.42. The zero-order valence-electron chi connectivity index (χ0n) is 16.3. The molecule has 0 aromatic heterocycles. The van der Waals surface area contributed by atoms with E-state index < -0.39 is 11.6 Å². The Balaban J connectivity index is 2.85. The molecule has 24 heavy (non-hydrogen) atoms. The van der Waals surface area contributed by atoms with Crippen LogP contribution in [0, 0.1) is 5.92 Å². The van der Waals surface area contributed by atoms with Crippen LogP contribution < -0.4 is 5.73 Å². The Morgan fingerprint density at radius 2 is 1.79 bits per heavy atom. The lowest BCUT2D eigenvalue weighted by molar-refractivity contribution is -0.136. The largest absolute Gasteiger partial charge is 0.444 e. The fourth-order valence-electron chi connectivity index (χ4n) is 2.97. The van der Waals surface area contributed by atoms with Crippen LogP contribution >= 0.6 is 0 Å². The van der Waals surface area contributed by atoms with E-state index >= 15 is 0 Å². The third kappa shape index (κ3) is 5.65. The van der Waals surface area contributed by atoms with Crippen molar-refractivity contribution in [3.8, 4) is 0 Å². The Kier molecular flexibility index (Phi) is 7.08. The minimum Gasteiger partial charge on any atom is -0.444 e. The maximum Gasteiger partial charge on any atom is 0.410 e. The van der Waals surface area contributed by atoms with Gasteiger partial charge in [-0.1, -0.05) is 13.8 Å². The van der Waals surface area contributed by atoms with Crippen LogP contribution in [0.5, 0.6) is 0 Å². The van der Waals surface area contributed by atoms with E-state index in [-0.39, 0.29) is 30.0 Å². The van der Waals surface area contributed by atoms with Gasteiger partial charge in [0.05, 0.1) is 12.1 Å². The summed E-state index contributed by atoms with van der Waals surface area (Å²) in [4.78, 5) is 28.7. The van der Waals surface area contributed by atoms with Crippen LogP contribution in [0.15, 0.2) is 0 Å². The Morgan fingerprint density at radius 3 is 2.25 bits per heavy atom. The predicted octanol–water partition coefficient (Wildman–Crippen LogP) is 2.61. The molecule has 2 N–H and O–H groups in total. The lowest BCUT2D eigenvalue weighted by Crippen LogP contribution is -2.57. The number of carbonyl (C=O) groups is 2. The second-order valence-corrected chi connectivity index (χ2v) is 8.33. The zero-order valence-corrected chi connectivity index (χ0v) is 16.3. The molecule has 1 aliphatic rings. The van der Waals surface area contributed by atoms with Crippen LogP contribution in [-0.4, -0.2) is 58.6 Å². The molecule has 0 saturated carbocycles. The summed E-state index contributed by atoms with van der Waals surface area (Å²) in [6.07, 6.45) is 1.43. The monoisotopic (exact) mass is 341 g/mol. The molecule has 1 heterocycles. The lowest BCUT2D eigenvalue weighted by atomic mass is 9.99. The summed E-state index contributed by atoms with van der Waals surface area (Å²) in [5.74, 6) is 0.0764. The molecule has 0 spiro atoms. The fourth-order valence-corrected chi connectivity index (χ4v) is 2.97. The summed E-state index contributed by atoms with van der Waals surface area (Å²) in [5.41, 5.74) is 5.49. The van der Waals surface area contributed by atoms with Crippen LogP contribution in [-0.2, 0) is 9.53 Å². The van der Waals surface area contributed by atoms with Crippen molar-refractivity contribution in [3.05, 3.63) is 0 Å². The van der Waals surface area contributed by atoms with E-state index in [9.17, 15) is 9.59 Å². The number of piperidine rings is 1. The maximum atomic E-state index is 12.6. The van der Waals surface area contributed by atoms with Crippen molar-refractivity contribution in [2.45, 2.75) is 85.0 Å². The van der Waals surface area contributed by atoms with E-state index in [1.165, 1.54) is 0 Å². The van der Waals surface area contributed by atoms with Crippen molar-refractivity contribution in [1.82, 2.24) is 9.80 Å². The van der Waals surface area contributed by atoms with Crippen molar-refractivity contribution >= 4 is 12.0 Å². The van der Waals surface area contributed by atoms with Crippen LogP contribution in [0.3, 0.4) is 0 Å². The van der Waals surface area contributed by atoms with Gasteiger partial charge in [-0.25, -0.2) is 4.79 Å². The van der Waals surface area contributed by atoms with E-state index in [4.69, 9.17) is 10.5 Å². The topological polar surface area (TPSA) is 75.9 Å². The van der Waals surface area contributed by atoms with Gasteiger partial charge in [0, 0.05) is 19.1 Å². The number of hydrogen-bond donors (Lipinski definition) is 1. The second kappa shape index (κ2) is 8.19. The van der Waals surface area contributed by atoms with Crippen LogP contribution in [0.25, 0.3) is 0 Å². The number of nitrogens with two attached hydrogens (primary N) is 1. The maximum absolute atomic E-state index is 12.6.